The summed E-state index contributed by atoms with van der Waals surface area (Å²) in [5, 5.41) is 2.71. The number of carbonyl (C=O) groups is 2. The first-order chi connectivity index (χ1) is 8.60. The predicted octanol–water partition coefficient (Wildman–Crippen LogP) is 0.610. The van der Waals surface area contributed by atoms with Gasteiger partial charge in [-0.1, -0.05) is 13.3 Å². The second-order valence-electron chi connectivity index (χ2n) is 4.47. The molecule has 1 N–H and O–H groups in total. The number of piperazine rings is 1. The van der Waals surface area contributed by atoms with Crippen molar-refractivity contribution in [3.63, 3.8) is 0 Å². The van der Waals surface area contributed by atoms with Crippen LogP contribution in [0, 0.1) is 6.92 Å². The number of rotatable bonds is 4. The van der Waals surface area contributed by atoms with Crippen LogP contribution in [-0.4, -0.2) is 34.3 Å². The zero-order valence-electron chi connectivity index (χ0n) is 10.6. The summed E-state index contributed by atoms with van der Waals surface area (Å²) >= 11 is 0. The first kappa shape index (κ1) is 12.6. The largest absolute Gasteiger partial charge is 0.444 e. The fraction of sp³-hybridized carbons (Fsp3) is 0.583. The van der Waals surface area contributed by atoms with Gasteiger partial charge in [-0.2, -0.15) is 0 Å². The lowest BCUT2D eigenvalue weighted by molar-refractivity contribution is -0.145. The van der Waals surface area contributed by atoms with Crippen LogP contribution in [0.15, 0.2) is 10.6 Å². The van der Waals surface area contributed by atoms with E-state index in [1.54, 1.807) is 13.1 Å². The summed E-state index contributed by atoms with van der Waals surface area (Å²) in [6, 6.07) is -0.410. The number of hydrogen-bond donors (Lipinski definition) is 1. The molecule has 0 aliphatic carbocycles. The number of nitrogens with zero attached hydrogens (tertiary/aromatic N) is 2. The van der Waals surface area contributed by atoms with Crippen LogP contribution in [0.3, 0.4) is 0 Å². The van der Waals surface area contributed by atoms with Crippen LogP contribution in [0.1, 0.15) is 31.4 Å². The van der Waals surface area contributed by atoms with Gasteiger partial charge in [0.2, 0.25) is 17.7 Å². The third-order valence-electron chi connectivity index (χ3n) is 2.85. The summed E-state index contributed by atoms with van der Waals surface area (Å²) in [6.07, 6.45) is 3.11. The van der Waals surface area contributed by atoms with E-state index < -0.39 is 6.04 Å². The first-order valence-electron chi connectivity index (χ1n) is 6.09. The molecule has 98 valence electrons. The molecule has 2 heterocycles. The summed E-state index contributed by atoms with van der Waals surface area (Å²) < 4.78 is 5.33. The van der Waals surface area contributed by atoms with E-state index in [1.165, 1.54) is 4.90 Å². The highest BCUT2D eigenvalue weighted by molar-refractivity contribution is 5.94. The Balaban J connectivity index is 2.06. The van der Waals surface area contributed by atoms with Gasteiger partial charge in [0.15, 0.2) is 0 Å². The standard InChI is InChI=1S/C12H17N3O3/c1-3-4-9-12(17)15(6-10(16)14-9)7-11-13-5-8(2)18-11/h5,9H,3-4,6-7H2,1-2H3,(H,14,16). The zero-order chi connectivity index (χ0) is 13.1. The highest BCUT2D eigenvalue weighted by Gasteiger charge is 2.32. The molecule has 1 fully saturated rings. The Kier molecular flexibility index (Phi) is 3.64. The minimum absolute atomic E-state index is 0.0627. The minimum Gasteiger partial charge on any atom is -0.444 e. The molecule has 0 saturated carbocycles. The van der Waals surface area contributed by atoms with Gasteiger partial charge < -0.3 is 14.6 Å². The molecule has 6 heteroatoms. The Morgan fingerprint density at radius 1 is 1.56 bits per heavy atom. The van der Waals surface area contributed by atoms with Gasteiger partial charge in [0.05, 0.1) is 12.7 Å². The number of aromatic nitrogens is 1. The molecule has 0 spiro atoms. The summed E-state index contributed by atoms with van der Waals surface area (Å²) in [6.45, 7) is 4.09. The van der Waals surface area contributed by atoms with E-state index in [4.69, 9.17) is 4.42 Å². The molecule has 1 atom stereocenters. The molecule has 18 heavy (non-hydrogen) atoms. The Morgan fingerprint density at radius 2 is 2.33 bits per heavy atom. The number of amides is 2. The number of aryl methyl sites for hydroxylation is 1. The van der Waals surface area contributed by atoms with Gasteiger partial charge in [-0.05, 0) is 13.3 Å². The van der Waals surface area contributed by atoms with Gasteiger partial charge in [-0.3, -0.25) is 9.59 Å². The van der Waals surface area contributed by atoms with Gasteiger partial charge in [-0.25, -0.2) is 4.98 Å². The lowest BCUT2D eigenvalue weighted by Crippen LogP contribution is -2.57. The minimum atomic E-state index is -0.410. The van der Waals surface area contributed by atoms with Crippen molar-refractivity contribution in [1.82, 2.24) is 15.2 Å². The number of nitrogens with one attached hydrogen (secondary N) is 1. The number of carbonyl (C=O) groups excluding carboxylic acids is 2. The Bertz CT molecular complexity index is 455. The van der Waals surface area contributed by atoms with Gasteiger partial charge in [0.1, 0.15) is 18.3 Å². The molecule has 0 radical (unpaired) electrons. The maximum atomic E-state index is 12.1. The fourth-order valence-corrected chi connectivity index (χ4v) is 2.03. The van der Waals surface area contributed by atoms with E-state index in [0.717, 1.165) is 6.42 Å². The Morgan fingerprint density at radius 3 is 2.94 bits per heavy atom. The van der Waals surface area contributed by atoms with Crippen molar-refractivity contribution in [2.45, 2.75) is 39.3 Å². The Hall–Kier alpha value is -1.85. The Labute approximate surface area is 105 Å². The molecule has 0 bridgehead atoms. The predicted molar refractivity (Wildman–Crippen MR) is 63.5 cm³/mol. The average Bonchev–Trinajstić information content (AvgIpc) is 2.71. The van der Waals surface area contributed by atoms with E-state index in [1.807, 2.05) is 6.92 Å². The summed E-state index contributed by atoms with van der Waals surface area (Å²) in [5.74, 6) is 0.971. The van der Waals surface area contributed by atoms with Crippen molar-refractivity contribution in [2.75, 3.05) is 6.54 Å². The van der Waals surface area contributed by atoms with Crippen molar-refractivity contribution in [3.05, 3.63) is 17.8 Å². The summed E-state index contributed by atoms with van der Waals surface area (Å²) in [5.41, 5.74) is 0. The van der Waals surface area contributed by atoms with Crippen molar-refractivity contribution in [1.29, 1.82) is 0 Å². The molecular weight excluding hydrogens is 234 g/mol. The highest BCUT2D eigenvalue weighted by Crippen LogP contribution is 2.12. The van der Waals surface area contributed by atoms with Crippen LogP contribution < -0.4 is 5.32 Å². The van der Waals surface area contributed by atoms with Crippen LogP contribution in [0.2, 0.25) is 0 Å². The molecular formula is C12H17N3O3. The molecule has 1 aromatic heterocycles. The molecule has 1 unspecified atom stereocenters. The molecule has 1 aliphatic heterocycles. The number of hydrogen-bond acceptors (Lipinski definition) is 4. The summed E-state index contributed by atoms with van der Waals surface area (Å²) in [7, 11) is 0. The maximum absolute atomic E-state index is 12.1. The molecule has 6 nitrogen and oxygen atoms in total. The zero-order valence-corrected chi connectivity index (χ0v) is 10.6. The molecule has 1 aromatic rings. The highest BCUT2D eigenvalue weighted by atomic mass is 16.4. The van der Waals surface area contributed by atoms with E-state index in [2.05, 4.69) is 10.3 Å². The molecule has 0 aromatic carbocycles. The van der Waals surface area contributed by atoms with Crippen molar-refractivity contribution >= 4 is 11.8 Å². The molecule has 1 aliphatic rings. The molecule has 1 saturated heterocycles. The quantitative estimate of drug-likeness (QED) is 0.850. The summed E-state index contributed by atoms with van der Waals surface area (Å²) in [4.78, 5) is 29.2. The fourth-order valence-electron chi connectivity index (χ4n) is 2.03. The van der Waals surface area contributed by atoms with E-state index in [-0.39, 0.29) is 24.9 Å². The molecule has 2 rings (SSSR count). The first-order valence-corrected chi connectivity index (χ1v) is 6.09. The van der Waals surface area contributed by atoms with Gasteiger partial charge >= 0.3 is 0 Å². The van der Waals surface area contributed by atoms with Crippen molar-refractivity contribution in [3.8, 4) is 0 Å². The third-order valence-corrected chi connectivity index (χ3v) is 2.85. The van der Waals surface area contributed by atoms with Gasteiger partial charge in [0, 0.05) is 0 Å². The lowest BCUT2D eigenvalue weighted by atomic mass is 10.1. The maximum Gasteiger partial charge on any atom is 0.246 e. The van der Waals surface area contributed by atoms with E-state index in [9.17, 15) is 9.59 Å². The number of oxazole rings is 1. The van der Waals surface area contributed by atoms with Crippen LogP contribution in [0.25, 0.3) is 0 Å². The smallest absolute Gasteiger partial charge is 0.246 e. The van der Waals surface area contributed by atoms with Crippen LogP contribution >= 0.6 is 0 Å². The van der Waals surface area contributed by atoms with Crippen LogP contribution in [0.4, 0.5) is 0 Å². The van der Waals surface area contributed by atoms with Crippen LogP contribution in [-0.2, 0) is 16.1 Å². The SMILES string of the molecule is CCCC1NC(=O)CN(Cc2ncc(C)o2)C1=O. The lowest BCUT2D eigenvalue weighted by Gasteiger charge is -2.31. The third kappa shape index (κ3) is 2.69. The second-order valence-corrected chi connectivity index (χ2v) is 4.47. The van der Waals surface area contributed by atoms with Crippen molar-refractivity contribution in [2.24, 2.45) is 0 Å². The average molecular weight is 251 g/mol. The monoisotopic (exact) mass is 251 g/mol. The molecule has 2 amide bonds. The van der Waals surface area contributed by atoms with Gasteiger partial charge in [0.25, 0.3) is 0 Å². The topological polar surface area (TPSA) is 75.4 Å². The van der Waals surface area contributed by atoms with Crippen molar-refractivity contribution < 1.29 is 14.0 Å². The van der Waals surface area contributed by atoms with E-state index >= 15 is 0 Å². The normalized spacial score (nSPS) is 20.1. The van der Waals surface area contributed by atoms with Gasteiger partial charge in [-0.15, -0.1) is 0 Å². The van der Waals surface area contributed by atoms with E-state index in [0.29, 0.717) is 18.1 Å². The van der Waals surface area contributed by atoms with Crippen LogP contribution in [0.5, 0.6) is 0 Å². The second kappa shape index (κ2) is 5.20.